The normalized spacial score (nSPS) is 10.1. The van der Waals surface area contributed by atoms with E-state index in [1.54, 1.807) is 18.4 Å². The third-order valence-corrected chi connectivity index (χ3v) is 4.13. The number of methoxy groups -OCH3 is 1. The Balaban J connectivity index is 2.13. The van der Waals surface area contributed by atoms with Crippen molar-refractivity contribution in [3.05, 3.63) is 20.8 Å². The molecular formula is C10H15BrN2OS2. The number of hydrogen-bond acceptors (Lipinski definition) is 3. The molecule has 0 bridgehead atoms. The van der Waals surface area contributed by atoms with Crippen molar-refractivity contribution in [3.8, 4) is 0 Å². The summed E-state index contributed by atoms with van der Waals surface area (Å²) in [7, 11) is 1.70. The Morgan fingerprint density at radius 1 is 1.56 bits per heavy atom. The first-order chi connectivity index (χ1) is 7.74. The van der Waals surface area contributed by atoms with Gasteiger partial charge in [-0.2, -0.15) is 0 Å². The van der Waals surface area contributed by atoms with Gasteiger partial charge in [0.25, 0.3) is 0 Å². The van der Waals surface area contributed by atoms with Crippen LogP contribution in [0.15, 0.2) is 15.9 Å². The summed E-state index contributed by atoms with van der Waals surface area (Å²) in [6.45, 7) is 2.35. The third kappa shape index (κ3) is 5.25. The Labute approximate surface area is 114 Å². The second-order valence-corrected chi connectivity index (χ2v) is 5.41. The van der Waals surface area contributed by atoms with Gasteiger partial charge in [0.2, 0.25) is 0 Å². The highest BCUT2D eigenvalue weighted by atomic mass is 79.9. The fourth-order valence-corrected chi connectivity index (χ4v) is 2.70. The first-order valence-corrected chi connectivity index (χ1v) is 7.04. The van der Waals surface area contributed by atoms with Crippen LogP contribution in [0.3, 0.4) is 0 Å². The lowest BCUT2D eigenvalue weighted by atomic mass is 10.4. The van der Waals surface area contributed by atoms with E-state index in [2.05, 4.69) is 31.9 Å². The lowest BCUT2D eigenvalue weighted by Crippen LogP contribution is -2.35. The summed E-state index contributed by atoms with van der Waals surface area (Å²) in [5.74, 6) is 0. The van der Waals surface area contributed by atoms with Gasteiger partial charge in [0.1, 0.15) is 0 Å². The summed E-state index contributed by atoms with van der Waals surface area (Å²) in [4.78, 5) is 1.25. The van der Waals surface area contributed by atoms with Crippen LogP contribution in [-0.2, 0) is 11.3 Å². The second-order valence-electron chi connectivity index (χ2n) is 3.15. The van der Waals surface area contributed by atoms with E-state index in [9.17, 15) is 0 Å². The molecule has 3 nitrogen and oxygen atoms in total. The van der Waals surface area contributed by atoms with Crippen LogP contribution in [-0.4, -0.2) is 25.4 Å². The van der Waals surface area contributed by atoms with Crippen LogP contribution >= 0.6 is 39.5 Å². The van der Waals surface area contributed by atoms with E-state index in [4.69, 9.17) is 17.0 Å². The molecule has 0 atom stereocenters. The molecule has 0 aliphatic heterocycles. The highest BCUT2D eigenvalue weighted by Crippen LogP contribution is 2.21. The van der Waals surface area contributed by atoms with Crippen LogP contribution in [0.4, 0.5) is 0 Å². The zero-order chi connectivity index (χ0) is 11.8. The summed E-state index contributed by atoms with van der Waals surface area (Å²) in [6.07, 6.45) is 0.959. The Morgan fingerprint density at radius 3 is 3.00 bits per heavy atom. The average molecular weight is 323 g/mol. The van der Waals surface area contributed by atoms with Crippen LogP contribution in [0.1, 0.15) is 11.3 Å². The van der Waals surface area contributed by atoms with Crippen LogP contribution in [0.2, 0.25) is 0 Å². The van der Waals surface area contributed by atoms with E-state index in [0.29, 0.717) is 5.11 Å². The molecule has 0 unspecified atom stereocenters. The molecular weight excluding hydrogens is 308 g/mol. The molecule has 1 aromatic heterocycles. The fourth-order valence-electron chi connectivity index (χ4n) is 1.09. The van der Waals surface area contributed by atoms with Crippen molar-refractivity contribution in [3.63, 3.8) is 0 Å². The minimum Gasteiger partial charge on any atom is -0.385 e. The molecule has 0 aliphatic carbocycles. The highest BCUT2D eigenvalue weighted by Gasteiger charge is 2.01. The Morgan fingerprint density at radius 2 is 2.38 bits per heavy atom. The lowest BCUT2D eigenvalue weighted by molar-refractivity contribution is 0.195. The molecule has 0 fully saturated rings. The third-order valence-electron chi connectivity index (χ3n) is 1.91. The summed E-state index contributed by atoms with van der Waals surface area (Å²) in [5, 5.41) is 9.03. The number of rotatable bonds is 6. The van der Waals surface area contributed by atoms with Crippen LogP contribution in [0, 0.1) is 0 Å². The molecule has 1 heterocycles. The molecule has 16 heavy (non-hydrogen) atoms. The van der Waals surface area contributed by atoms with Crippen LogP contribution in [0.5, 0.6) is 0 Å². The molecule has 0 aromatic carbocycles. The van der Waals surface area contributed by atoms with Gasteiger partial charge >= 0.3 is 0 Å². The first-order valence-electron chi connectivity index (χ1n) is 4.96. The van der Waals surface area contributed by atoms with Crippen molar-refractivity contribution in [2.45, 2.75) is 13.0 Å². The average Bonchev–Trinajstić information content (AvgIpc) is 2.67. The number of halogens is 1. The maximum atomic E-state index is 5.15. The van der Waals surface area contributed by atoms with Gasteiger partial charge < -0.3 is 15.4 Å². The zero-order valence-corrected chi connectivity index (χ0v) is 12.3. The second kappa shape index (κ2) is 8.00. The largest absolute Gasteiger partial charge is 0.385 e. The molecule has 0 amide bonds. The Kier molecular flexibility index (Phi) is 6.95. The molecule has 0 aliphatic rings. The molecule has 0 spiro atoms. The summed E-state index contributed by atoms with van der Waals surface area (Å²) in [6, 6.07) is 2.04. The molecule has 90 valence electrons. The molecule has 0 saturated carbocycles. The number of thiocarbonyl (C=S) groups is 1. The van der Waals surface area contributed by atoms with Gasteiger partial charge in [0.15, 0.2) is 5.11 Å². The van der Waals surface area contributed by atoms with Crippen molar-refractivity contribution in [1.29, 1.82) is 0 Å². The smallest absolute Gasteiger partial charge is 0.166 e. The van der Waals surface area contributed by atoms with Crippen LogP contribution < -0.4 is 10.6 Å². The molecule has 1 aromatic rings. The quantitative estimate of drug-likeness (QED) is 0.623. The maximum Gasteiger partial charge on any atom is 0.166 e. The van der Waals surface area contributed by atoms with Crippen molar-refractivity contribution >= 4 is 44.6 Å². The predicted molar refractivity (Wildman–Crippen MR) is 76.0 cm³/mol. The van der Waals surface area contributed by atoms with Gasteiger partial charge in [-0.05, 0) is 46.0 Å². The standard InChI is InChI=1S/C10H15BrN2OS2/c1-14-5-2-4-12-10(15)13-7-9-8(11)3-6-16-9/h3,6H,2,4-5,7H2,1H3,(H2,12,13,15). The fraction of sp³-hybridized carbons (Fsp3) is 0.500. The SMILES string of the molecule is COCCCNC(=S)NCc1sccc1Br. The zero-order valence-electron chi connectivity index (χ0n) is 9.09. The lowest BCUT2D eigenvalue weighted by Gasteiger charge is -2.09. The van der Waals surface area contributed by atoms with Gasteiger partial charge in [0.05, 0.1) is 6.54 Å². The number of hydrogen-bond donors (Lipinski definition) is 2. The maximum absolute atomic E-state index is 5.15. The predicted octanol–water partition coefficient (Wildman–Crippen LogP) is 2.51. The van der Waals surface area contributed by atoms with E-state index < -0.39 is 0 Å². The minimum atomic E-state index is 0.691. The van der Waals surface area contributed by atoms with Crippen molar-refractivity contribution < 1.29 is 4.74 Å². The topological polar surface area (TPSA) is 33.3 Å². The minimum absolute atomic E-state index is 0.691. The number of nitrogens with one attached hydrogen (secondary N) is 2. The van der Waals surface area contributed by atoms with Crippen molar-refractivity contribution in [2.24, 2.45) is 0 Å². The summed E-state index contributed by atoms with van der Waals surface area (Å²) >= 11 is 10.3. The highest BCUT2D eigenvalue weighted by molar-refractivity contribution is 9.10. The summed E-state index contributed by atoms with van der Waals surface area (Å²) in [5.41, 5.74) is 0. The monoisotopic (exact) mass is 322 g/mol. The van der Waals surface area contributed by atoms with E-state index in [-0.39, 0.29) is 0 Å². The van der Waals surface area contributed by atoms with Crippen molar-refractivity contribution in [2.75, 3.05) is 20.3 Å². The molecule has 2 N–H and O–H groups in total. The Hall–Kier alpha value is -0.170. The van der Waals surface area contributed by atoms with Crippen molar-refractivity contribution in [1.82, 2.24) is 10.6 Å². The van der Waals surface area contributed by atoms with Gasteiger partial charge in [-0.25, -0.2) is 0 Å². The molecule has 6 heteroatoms. The Bertz CT molecular complexity index is 330. The van der Waals surface area contributed by atoms with E-state index in [1.165, 1.54) is 4.88 Å². The first kappa shape index (κ1) is 13.9. The summed E-state index contributed by atoms with van der Waals surface area (Å²) < 4.78 is 6.08. The molecule has 1 rings (SSSR count). The van der Waals surface area contributed by atoms with Gasteiger partial charge in [-0.15, -0.1) is 11.3 Å². The molecule has 0 saturated heterocycles. The van der Waals surface area contributed by atoms with Crippen LogP contribution in [0.25, 0.3) is 0 Å². The number of ether oxygens (including phenoxy) is 1. The van der Waals surface area contributed by atoms with Gasteiger partial charge in [0, 0.05) is 29.6 Å². The van der Waals surface area contributed by atoms with E-state index in [0.717, 1.165) is 30.6 Å². The van der Waals surface area contributed by atoms with E-state index >= 15 is 0 Å². The van der Waals surface area contributed by atoms with E-state index in [1.807, 2.05) is 6.07 Å². The molecule has 0 radical (unpaired) electrons. The van der Waals surface area contributed by atoms with Gasteiger partial charge in [-0.1, -0.05) is 0 Å². The van der Waals surface area contributed by atoms with Gasteiger partial charge in [-0.3, -0.25) is 0 Å². The number of thiophene rings is 1.